The Bertz CT molecular complexity index is 1160. The average molecular weight is 564 g/mol. The number of anilines is 1. The molecule has 2 amide bonds. The van der Waals surface area contributed by atoms with Crippen LogP contribution in [0.25, 0.3) is 0 Å². The first-order valence-corrected chi connectivity index (χ1v) is 13.4. The van der Waals surface area contributed by atoms with Crippen LogP contribution in [0.2, 0.25) is 0 Å². The van der Waals surface area contributed by atoms with Gasteiger partial charge in [-0.3, -0.25) is 0 Å². The fraction of sp³-hybridized carbons (Fsp3) is 0.480. The number of rotatable bonds is 7. The monoisotopic (exact) mass is 563 g/mol. The maximum Gasteiger partial charge on any atom is 0.419 e. The van der Waals surface area contributed by atoms with Gasteiger partial charge in [0.15, 0.2) is 0 Å². The summed E-state index contributed by atoms with van der Waals surface area (Å²) in [5.41, 5.74) is -1.21. The van der Waals surface area contributed by atoms with Gasteiger partial charge in [0.05, 0.1) is 22.1 Å². The number of carbonyl (C=O) groups is 1. The van der Waals surface area contributed by atoms with Crippen molar-refractivity contribution < 1.29 is 40.1 Å². The van der Waals surface area contributed by atoms with E-state index in [-0.39, 0.29) is 30.1 Å². The standard InChI is InChI=1S/C25H27F6N3O3S/c1-2-38(36)32-14-15-3-10-22(21(11-15)25(29,30)31)37-20-12-18-8-9-19(13-20)34(18)23(35)33-17-6-4-16(5-7-17)24(26,27)28/h3-7,10-11,18-20,32H,2,8-9,12-14H2,1H3,(H,33,35)/t18-,19+,20?,38?. The molecule has 38 heavy (non-hydrogen) atoms. The first kappa shape index (κ1) is 28.2. The number of piperidine rings is 1. The van der Waals surface area contributed by atoms with Crippen molar-refractivity contribution in [3.63, 3.8) is 0 Å². The van der Waals surface area contributed by atoms with Crippen molar-refractivity contribution in [3.05, 3.63) is 59.2 Å². The van der Waals surface area contributed by atoms with E-state index in [0.29, 0.717) is 37.0 Å². The van der Waals surface area contributed by atoms with E-state index in [4.69, 9.17) is 4.74 Å². The molecular formula is C25H27F6N3O3S. The number of carbonyl (C=O) groups excluding carboxylic acids is 1. The molecule has 4 rings (SSSR count). The van der Waals surface area contributed by atoms with Crippen LogP contribution in [0.15, 0.2) is 42.5 Å². The number of benzene rings is 2. The fourth-order valence-electron chi connectivity index (χ4n) is 4.94. The van der Waals surface area contributed by atoms with Crippen LogP contribution in [0.1, 0.15) is 49.3 Å². The molecule has 13 heteroatoms. The number of amides is 2. The lowest BCUT2D eigenvalue weighted by Crippen LogP contribution is -2.50. The van der Waals surface area contributed by atoms with Gasteiger partial charge in [-0.15, -0.1) is 0 Å². The highest BCUT2D eigenvalue weighted by atomic mass is 32.2. The zero-order chi connectivity index (χ0) is 27.7. The Hall–Kier alpha value is -2.80. The van der Waals surface area contributed by atoms with Gasteiger partial charge in [-0.1, -0.05) is 13.0 Å². The maximum atomic E-state index is 13.8. The number of halogens is 6. The summed E-state index contributed by atoms with van der Waals surface area (Å²) in [5.74, 6) is 0.0291. The molecule has 6 nitrogen and oxygen atoms in total. The third-order valence-corrected chi connectivity index (χ3v) is 7.72. The van der Waals surface area contributed by atoms with E-state index in [2.05, 4.69) is 10.0 Å². The number of alkyl halides is 6. The first-order valence-electron chi connectivity index (χ1n) is 12.1. The maximum absolute atomic E-state index is 13.8. The number of urea groups is 1. The molecule has 2 aromatic rings. The van der Waals surface area contributed by atoms with Crippen LogP contribution in [0.4, 0.5) is 36.8 Å². The van der Waals surface area contributed by atoms with E-state index in [1.807, 2.05) is 0 Å². The lowest BCUT2D eigenvalue weighted by atomic mass is 9.99. The highest BCUT2D eigenvalue weighted by molar-refractivity contribution is 7.82. The lowest BCUT2D eigenvalue weighted by molar-refractivity contribution is -0.139. The van der Waals surface area contributed by atoms with E-state index >= 15 is 0 Å². The molecule has 2 aliphatic rings. The third-order valence-electron chi connectivity index (χ3n) is 6.73. The fourth-order valence-corrected chi connectivity index (χ4v) is 5.47. The molecule has 208 valence electrons. The Morgan fingerprint density at radius 2 is 1.63 bits per heavy atom. The minimum Gasteiger partial charge on any atom is -0.490 e. The number of nitrogens with one attached hydrogen (secondary N) is 2. The number of hydrogen-bond donors (Lipinski definition) is 2. The number of nitrogens with zero attached hydrogens (tertiary/aromatic N) is 1. The summed E-state index contributed by atoms with van der Waals surface area (Å²) >= 11 is 0. The Morgan fingerprint density at radius 3 is 2.18 bits per heavy atom. The number of fused-ring (bicyclic) bond motifs is 2. The topological polar surface area (TPSA) is 70.7 Å². The molecule has 0 radical (unpaired) electrons. The van der Waals surface area contributed by atoms with Crippen molar-refractivity contribution in [1.29, 1.82) is 0 Å². The van der Waals surface area contributed by atoms with Crippen molar-refractivity contribution in [2.45, 2.75) is 69.7 Å². The molecule has 0 saturated carbocycles. The van der Waals surface area contributed by atoms with Crippen molar-refractivity contribution in [1.82, 2.24) is 9.62 Å². The minimum absolute atomic E-state index is 0.0143. The quantitative estimate of drug-likeness (QED) is 0.400. The highest BCUT2D eigenvalue weighted by Crippen LogP contribution is 2.41. The average Bonchev–Trinajstić information content (AvgIpc) is 3.12. The van der Waals surface area contributed by atoms with Crippen LogP contribution >= 0.6 is 0 Å². The molecule has 4 atom stereocenters. The van der Waals surface area contributed by atoms with E-state index in [9.17, 15) is 35.3 Å². The highest BCUT2D eigenvalue weighted by Gasteiger charge is 2.45. The zero-order valence-corrected chi connectivity index (χ0v) is 21.2. The van der Waals surface area contributed by atoms with E-state index < -0.39 is 46.6 Å². The van der Waals surface area contributed by atoms with E-state index in [0.717, 1.165) is 18.2 Å². The van der Waals surface area contributed by atoms with Gasteiger partial charge < -0.3 is 15.0 Å². The summed E-state index contributed by atoms with van der Waals surface area (Å²) in [5, 5.41) is 2.62. The Morgan fingerprint density at radius 1 is 1.00 bits per heavy atom. The van der Waals surface area contributed by atoms with Crippen LogP contribution in [0.5, 0.6) is 5.75 Å². The summed E-state index contributed by atoms with van der Waals surface area (Å²) in [6.07, 6.45) is -7.73. The Balaban J connectivity index is 1.41. The second-order valence-corrected chi connectivity index (χ2v) is 10.8. The predicted molar refractivity (Wildman–Crippen MR) is 130 cm³/mol. The summed E-state index contributed by atoms with van der Waals surface area (Å²) in [6.45, 7) is 1.71. The molecular weight excluding hydrogens is 536 g/mol. The molecule has 2 aromatic carbocycles. The normalized spacial score (nSPS) is 22.3. The molecule has 2 saturated heterocycles. The number of ether oxygens (including phenoxy) is 1. The SMILES string of the molecule is CCS(=O)NCc1ccc(OC2C[C@H]3CC[C@@H](C2)N3C(=O)Nc2ccc(C(F)(F)F)cc2)c(C(F)(F)F)c1. The zero-order valence-electron chi connectivity index (χ0n) is 20.4. The Kier molecular flexibility index (Phi) is 8.26. The first-order chi connectivity index (χ1) is 17.8. The summed E-state index contributed by atoms with van der Waals surface area (Å²) in [4.78, 5) is 14.5. The smallest absolute Gasteiger partial charge is 0.419 e. The predicted octanol–water partition coefficient (Wildman–Crippen LogP) is 6.10. The van der Waals surface area contributed by atoms with Crippen LogP contribution in [0, 0.1) is 0 Å². The van der Waals surface area contributed by atoms with Gasteiger partial charge in [0.2, 0.25) is 0 Å². The molecule has 2 fully saturated rings. The Labute approximate surface area is 218 Å². The largest absolute Gasteiger partial charge is 0.490 e. The summed E-state index contributed by atoms with van der Waals surface area (Å²) in [7, 11) is -1.34. The molecule has 0 spiro atoms. The van der Waals surface area contributed by atoms with Crippen molar-refractivity contribution in [2.24, 2.45) is 0 Å². The minimum atomic E-state index is -4.66. The second-order valence-electron chi connectivity index (χ2n) is 9.29. The van der Waals surface area contributed by atoms with Gasteiger partial charge in [-0.25, -0.2) is 13.7 Å². The summed E-state index contributed by atoms with van der Waals surface area (Å²) < 4.78 is 99.8. The van der Waals surface area contributed by atoms with Gasteiger partial charge >= 0.3 is 18.4 Å². The van der Waals surface area contributed by atoms with Crippen LogP contribution in [-0.2, 0) is 29.9 Å². The van der Waals surface area contributed by atoms with Crippen LogP contribution < -0.4 is 14.8 Å². The molecule has 2 N–H and O–H groups in total. The molecule has 2 unspecified atom stereocenters. The molecule has 2 aliphatic heterocycles. The van der Waals surface area contributed by atoms with Crippen molar-refractivity contribution >= 4 is 22.7 Å². The van der Waals surface area contributed by atoms with E-state index in [1.54, 1.807) is 11.8 Å². The van der Waals surface area contributed by atoms with Gasteiger partial charge in [0.1, 0.15) is 11.9 Å². The van der Waals surface area contributed by atoms with Crippen molar-refractivity contribution in [3.8, 4) is 5.75 Å². The number of hydrogen-bond acceptors (Lipinski definition) is 3. The van der Waals surface area contributed by atoms with Gasteiger partial charge in [-0.05, 0) is 54.8 Å². The van der Waals surface area contributed by atoms with Crippen LogP contribution in [0.3, 0.4) is 0 Å². The third kappa shape index (κ3) is 6.60. The molecule has 0 aliphatic carbocycles. The van der Waals surface area contributed by atoms with Gasteiger partial charge in [0, 0.05) is 42.9 Å². The lowest BCUT2D eigenvalue weighted by Gasteiger charge is -2.39. The summed E-state index contributed by atoms with van der Waals surface area (Å²) in [6, 6.07) is 6.85. The second kappa shape index (κ2) is 11.1. The van der Waals surface area contributed by atoms with Gasteiger partial charge in [0.25, 0.3) is 0 Å². The molecule has 0 aromatic heterocycles. The molecule has 2 heterocycles. The molecule has 2 bridgehead atoms. The van der Waals surface area contributed by atoms with Crippen molar-refractivity contribution in [2.75, 3.05) is 11.1 Å². The van der Waals surface area contributed by atoms with Gasteiger partial charge in [-0.2, -0.15) is 26.3 Å². The van der Waals surface area contributed by atoms with E-state index in [1.165, 1.54) is 24.3 Å². The van der Waals surface area contributed by atoms with Crippen LogP contribution in [-0.4, -0.2) is 39.1 Å².